The number of nitrogen functional groups attached to an aromatic ring is 1. The lowest BCUT2D eigenvalue weighted by atomic mass is 10.1. The number of nitrogens with two attached hydrogens (primary N) is 1. The van der Waals surface area contributed by atoms with Crippen LogP contribution in [0.25, 0.3) is 0 Å². The van der Waals surface area contributed by atoms with Crippen LogP contribution in [0, 0.1) is 0 Å². The zero-order chi connectivity index (χ0) is 10.3. The fraction of sp³-hybridized carbons (Fsp3) is 0.727. The molecule has 1 saturated heterocycles. The molecule has 3 rings (SSSR count). The maximum Gasteiger partial charge on any atom is 0.122 e. The number of nitrogens with zero attached hydrogens (tertiary/aromatic N) is 2. The highest BCUT2D eigenvalue weighted by Gasteiger charge is 2.28. The van der Waals surface area contributed by atoms with Crippen LogP contribution in [0.2, 0.25) is 0 Å². The summed E-state index contributed by atoms with van der Waals surface area (Å²) in [5.41, 5.74) is 7.19. The predicted molar refractivity (Wildman–Crippen MR) is 57.7 cm³/mol. The number of ether oxygens (including phenoxy) is 1. The number of anilines is 1. The first-order valence-electron chi connectivity index (χ1n) is 5.77. The third kappa shape index (κ3) is 1.74. The molecule has 1 aromatic heterocycles. The van der Waals surface area contributed by atoms with E-state index in [0.717, 1.165) is 31.9 Å². The number of aromatic nitrogens is 2. The predicted octanol–water partition coefficient (Wildman–Crippen LogP) is 1.69. The average molecular weight is 207 g/mol. The van der Waals surface area contributed by atoms with Crippen LogP contribution in [0.5, 0.6) is 0 Å². The topological polar surface area (TPSA) is 53.1 Å². The molecular formula is C11H17N3O. The van der Waals surface area contributed by atoms with Gasteiger partial charge in [0.1, 0.15) is 5.82 Å². The Bertz CT molecular complexity index is 351. The van der Waals surface area contributed by atoms with E-state index in [-0.39, 0.29) is 0 Å². The van der Waals surface area contributed by atoms with Crippen LogP contribution >= 0.6 is 0 Å². The van der Waals surface area contributed by atoms with Gasteiger partial charge in [-0.15, -0.1) is 0 Å². The van der Waals surface area contributed by atoms with Gasteiger partial charge in [-0.2, -0.15) is 5.10 Å². The van der Waals surface area contributed by atoms with E-state index in [1.54, 1.807) is 0 Å². The fourth-order valence-corrected chi connectivity index (χ4v) is 2.23. The minimum Gasteiger partial charge on any atom is -0.384 e. The lowest BCUT2D eigenvalue weighted by Gasteiger charge is -2.23. The molecule has 82 valence electrons. The fourth-order valence-electron chi connectivity index (χ4n) is 2.23. The average Bonchev–Trinajstić information content (AvgIpc) is 3.04. The van der Waals surface area contributed by atoms with Crippen LogP contribution in [0.4, 0.5) is 5.82 Å². The summed E-state index contributed by atoms with van der Waals surface area (Å²) in [7, 11) is 0. The zero-order valence-electron chi connectivity index (χ0n) is 8.85. The lowest BCUT2D eigenvalue weighted by Crippen LogP contribution is -2.21. The zero-order valence-corrected chi connectivity index (χ0v) is 8.85. The van der Waals surface area contributed by atoms with E-state index in [4.69, 9.17) is 10.5 Å². The first kappa shape index (κ1) is 9.21. The molecule has 0 spiro atoms. The second-order valence-corrected chi connectivity index (χ2v) is 4.56. The third-order valence-corrected chi connectivity index (χ3v) is 3.32. The Hall–Kier alpha value is -1.03. The largest absolute Gasteiger partial charge is 0.384 e. The summed E-state index contributed by atoms with van der Waals surface area (Å²) in [6.45, 7) is 1.67. The van der Waals surface area contributed by atoms with E-state index in [0.29, 0.717) is 12.0 Å². The van der Waals surface area contributed by atoms with Crippen molar-refractivity contribution in [3.05, 3.63) is 11.8 Å². The van der Waals surface area contributed by atoms with Gasteiger partial charge in [0.15, 0.2) is 0 Å². The third-order valence-electron chi connectivity index (χ3n) is 3.32. The molecule has 0 aromatic carbocycles. The maximum atomic E-state index is 6.00. The monoisotopic (exact) mass is 207 g/mol. The molecule has 0 amide bonds. The number of hydrogen-bond acceptors (Lipinski definition) is 3. The van der Waals surface area contributed by atoms with Crippen molar-refractivity contribution in [1.29, 1.82) is 0 Å². The minimum absolute atomic E-state index is 0.450. The van der Waals surface area contributed by atoms with Crippen molar-refractivity contribution >= 4 is 5.82 Å². The van der Waals surface area contributed by atoms with E-state index in [1.807, 2.05) is 10.7 Å². The highest BCUT2D eigenvalue weighted by atomic mass is 16.5. The van der Waals surface area contributed by atoms with Crippen LogP contribution in [-0.4, -0.2) is 23.0 Å². The summed E-state index contributed by atoms with van der Waals surface area (Å²) in [5, 5.41) is 4.63. The van der Waals surface area contributed by atoms with E-state index in [9.17, 15) is 0 Å². The van der Waals surface area contributed by atoms with E-state index >= 15 is 0 Å². The van der Waals surface area contributed by atoms with Crippen molar-refractivity contribution < 1.29 is 4.74 Å². The molecule has 1 saturated carbocycles. The summed E-state index contributed by atoms with van der Waals surface area (Å²) in [6, 6.07) is 2.50. The smallest absolute Gasteiger partial charge is 0.122 e. The standard InChI is InChI=1S/C11H17N3O/c12-11-7-10(8-1-2-8)13-14(11)9-3-5-15-6-4-9/h7-9H,1-6,12H2. The van der Waals surface area contributed by atoms with Crippen molar-refractivity contribution in [2.45, 2.75) is 37.6 Å². The number of rotatable bonds is 2. The molecule has 1 aliphatic carbocycles. The van der Waals surface area contributed by atoms with Gasteiger partial charge in [0.2, 0.25) is 0 Å². The highest BCUT2D eigenvalue weighted by molar-refractivity contribution is 5.34. The lowest BCUT2D eigenvalue weighted by molar-refractivity contribution is 0.0668. The Morgan fingerprint density at radius 1 is 1.27 bits per heavy atom. The molecule has 2 fully saturated rings. The van der Waals surface area contributed by atoms with Crippen molar-refractivity contribution in [2.24, 2.45) is 0 Å². The second-order valence-electron chi connectivity index (χ2n) is 4.56. The molecule has 2 N–H and O–H groups in total. The molecule has 0 atom stereocenters. The summed E-state index contributed by atoms with van der Waals surface area (Å²) in [6.07, 6.45) is 4.64. The Balaban J connectivity index is 1.82. The molecular weight excluding hydrogens is 190 g/mol. The van der Waals surface area contributed by atoms with Crippen molar-refractivity contribution in [1.82, 2.24) is 9.78 Å². The first-order valence-corrected chi connectivity index (χ1v) is 5.77. The normalized spacial score (nSPS) is 23.2. The van der Waals surface area contributed by atoms with Crippen molar-refractivity contribution in [3.63, 3.8) is 0 Å². The van der Waals surface area contributed by atoms with Crippen LogP contribution < -0.4 is 5.73 Å². The first-order chi connectivity index (χ1) is 7.34. The Labute approximate surface area is 89.4 Å². The molecule has 1 aliphatic heterocycles. The summed E-state index contributed by atoms with van der Waals surface area (Å²) in [5.74, 6) is 1.51. The van der Waals surface area contributed by atoms with Gasteiger partial charge in [-0.3, -0.25) is 0 Å². The summed E-state index contributed by atoms with van der Waals surface area (Å²) in [4.78, 5) is 0. The van der Waals surface area contributed by atoms with Crippen LogP contribution in [0.1, 0.15) is 43.3 Å². The molecule has 0 radical (unpaired) electrons. The van der Waals surface area contributed by atoms with E-state index < -0.39 is 0 Å². The van der Waals surface area contributed by atoms with Crippen molar-refractivity contribution in [3.8, 4) is 0 Å². The highest BCUT2D eigenvalue weighted by Crippen LogP contribution is 2.40. The van der Waals surface area contributed by atoms with Crippen LogP contribution in [0.15, 0.2) is 6.07 Å². The molecule has 0 bridgehead atoms. The van der Waals surface area contributed by atoms with Gasteiger partial charge in [0.25, 0.3) is 0 Å². The summed E-state index contributed by atoms with van der Waals surface area (Å²) < 4.78 is 7.36. The maximum absolute atomic E-state index is 6.00. The molecule has 15 heavy (non-hydrogen) atoms. The molecule has 2 aliphatic rings. The van der Waals surface area contributed by atoms with Gasteiger partial charge in [-0.05, 0) is 25.7 Å². The Kier molecular flexibility index (Phi) is 2.16. The minimum atomic E-state index is 0.450. The second kappa shape index (κ2) is 3.52. The van der Waals surface area contributed by atoms with Gasteiger partial charge < -0.3 is 10.5 Å². The van der Waals surface area contributed by atoms with Crippen LogP contribution in [-0.2, 0) is 4.74 Å². The molecule has 2 heterocycles. The summed E-state index contributed by atoms with van der Waals surface area (Å²) >= 11 is 0. The van der Waals surface area contributed by atoms with Crippen LogP contribution in [0.3, 0.4) is 0 Å². The van der Waals surface area contributed by atoms with Gasteiger partial charge in [0.05, 0.1) is 11.7 Å². The molecule has 0 unspecified atom stereocenters. The van der Waals surface area contributed by atoms with Gasteiger partial charge in [0, 0.05) is 25.2 Å². The van der Waals surface area contributed by atoms with Gasteiger partial charge in [-0.1, -0.05) is 0 Å². The van der Waals surface area contributed by atoms with E-state index in [1.165, 1.54) is 18.5 Å². The molecule has 1 aromatic rings. The van der Waals surface area contributed by atoms with Gasteiger partial charge in [-0.25, -0.2) is 4.68 Å². The Morgan fingerprint density at radius 3 is 2.67 bits per heavy atom. The van der Waals surface area contributed by atoms with Gasteiger partial charge >= 0.3 is 0 Å². The molecule has 4 heteroatoms. The van der Waals surface area contributed by atoms with E-state index in [2.05, 4.69) is 5.10 Å². The Morgan fingerprint density at radius 2 is 2.00 bits per heavy atom. The SMILES string of the molecule is Nc1cc(C2CC2)nn1C1CCOCC1. The quantitative estimate of drug-likeness (QED) is 0.803. The number of hydrogen-bond donors (Lipinski definition) is 1. The molecule has 4 nitrogen and oxygen atoms in total. The van der Waals surface area contributed by atoms with Crippen molar-refractivity contribution in [2.75, 3.05) is 18.9 Å².